The third-order valence-corrected chi connectivity index (χ3v) is 2.86. The number of carbonyl (C=O) groups excluding carboxylic acids is 1. The Morgan fingerprint density at radius 3 is 2.61 bits per heavy atom. The third kappa shape index (κ3) is 5.36. The summed E-state index contributed by atoms with van der Waals surface area (Å²) in [7, 11) is 0. The Labute approximate surface area is 116 Å². The number of halogens is 1. The predicted octanol–water partition coefficient (Wildman–Crippen LogP) is 3.47. The molecule has 1 unspecified atom stereocenters. The highest BCUT2D eigenvalue weighted by molar-refractivity contribution is 9.08. The van der Waals surface area contributed by atoms with Gasteiger partial charge in [-0.15, -0.1) is 0 Å². The summed E-state index contributed by atoms with van der Waals surface area (Å²) < 4.78 is 10.4. The lowest BCUT2D eigenvalue weighted by Crippen LogP contribution is -2.19. The predicted molar refractivity (Wildman–Crippen MR) is 74.9 cm³/mol. The van der Waals surface area contributed by atoms with E-state index in [0.717, 1.165) is 10.9 Å². The highest BCUT2D eigenvalue weighted by Gasteiger charge is 2.07. The van der Waals surface area contributed by atoms with Gasteiger partial charge in [0, 0.05) is 5.33 Å². The Balaban J connectivity index is 2.37. The van der Waals surface area contributed by atoms with Gasteiger partial charge in [0.1, 0.15) is 11.9 Å². The van der Waals surface area contributed by atoms with Crippen LogP contribution in [-0.2, 0) is 14.9 Å². The van der Waals surface area contributed by atoms with Crippen LogP contribution in [0, 0.1) is 0 Å². The summed E-state index contributed by atoms with van der Waals surface area (Å²) >= 11 is 3.36. The van der Waals surface area contributed by atoms with Gasteiger partial charge in [-0.2, -0.15) is 0 Å². The number of carbonyl (C=O) groups is 1. The van der Waals surface area contributed by atoms with Crippen molar-refractivity contribution in [2.45, 2.75) is 25.3 Å². The lowest BCUT2D eigenvalue weighted by Gasteiger charge is -2.10. The molecule has 3 nitrogen and oxygen atoms in total. The van der Waals surface area contributed by atoms with Gasteiger partial charge in [0.05, 0.1) is 0 Å². The number of benzene rings is 1. The average molecular weight is 313 g/mol. The van der Waals surface area contributed by atoms with Crippen molar-refractivity contribution in [3.63, 3.8) is 0 Å². The second-order valence-electron chi connectivity index (χ2n) is 3.79. The zero-order valence-corrected chi connectivity index (χ0v) is 12.1. The fourth-order valence-corrected chi connectivity index (χ4v) is 1.74. The molecule has 1 rings (SSSR count). The van der Waals surface area contributed by atoms with E-state index in [0.29, 0.717) is 5.75 Å². The molecule has 0 heterocycles. The maximum absolute atomic E-state index is 11.4. The first-order valence-corrected chi connectivity index (χ1v) is 6.88. The minimum Gasteiger partial charge on any atom is -0.482 e. The van der Waals surface area contributed by atoms with Crippen LogP contribution in [0.1, 0.15) is 19.4 Å². The molecule has 0 aliphatic carbocycles. The Hall–Kier alpha value is -1.29. The van der Waals surface area contributed by atoms with Gasteiger partial charge in [-0.25, -0.2) is 4.79 Å². The van der Waals surface area contributed by atoms with Gasteiger partial charge in [-0.1, -0.05) is 34.1 Å². The molecular weight excluding hydrogens is 296 g/mol. The van der Waals surface area contributed by atoms with Crippen LogP contribution in [0.2, 0.25) is 0 Å². The van der Waals surface area contributed by atoms with Crippen molar-refractivity contribution in [2.75, 3.05) is 6.61 Å². The van der Waals surface area contributed by atoms with Crippen molar-refractivity contribution in [3.8, 4) is 5.75 Å². The molecule has 4 heteroatoms. The molecule has 0 spiro atoms. The van der Waals surface area contributed by atoms with E-state index in [1.165, 1.54) is 0 Å². The first-order valence-electron chi connectivity index (χ1n) is 5.75. The monoisotopic (exact) mass is 312 g/mol. The van der Waals surface area contributed by atoms with Gasteiger partial charge in [-0.3, -0.25) is 0 Å². The minimum atomic E-state index is -0.370. The lowest BCUT2D eigenvalue weighted by molar-refractivity contribution is -0.148. The van der Waals surface area contributed by atoms with E-state index < -0.39 is 0 Å². The SMILES string of the molecule is CC=CC(C)OC(=O)COc1ccc(CBr)cc1. The van der Waals surface area contributed by atoms with E-state index >= 15 is 0 Å². The number of ether oxygens (including phenoxy) is 2. The molecule has 0 aliphatic rings. The average Bonchev–Trinajstić information content (AvgIpc) is 2.37. The molecule has 98 valence electrons. The van der Waals surface area contributed by atoms with Crippen molar-refractivity contribution < 1.29 is 14.3 Å². The number of hydrogen-bond donors (Lipinski definition) is 0. The molecule has 0 saturated heterocycles. The zero-order chi connectivity index (χ0) is 13.4. The molecule has 1 atom stereocenters. The second-order valence-corrected chi connectivity index (χ2v) is 4.35. The van der Waals surface area contributed by atoms with Crippen molar-refractivity contribution in [1.29, 1.82) is 0 Å². The maximum Gasteiger partial charge on any atom is 0.344 e. The van der Waals surface area contributed by atoms with Crippen LogP contribution in [-0.4, -0.2) is 18.7 Å². The number of allylic oxidation sites excluding steroid dienone is 1. The van der Waals surface area contributed by atoms with Crippen molar-refractivity contribution in [1.82, 2.24) is 0 Å². The number of rotatable bonds is 6. The topological polar surface area (TPSA) is 35.5 Å². The summed E-state index contributed by atoms with van der Waals surface area (Å²) in [5.74, 6) is 0.292. The van der Waals surface area contributed by atoms with Crippen LogP contribution in [0.25, 0.3) is 0 Å². The van der Waals surface area contributed by atoms with E-state index in [-0.39, 0.29) is 18.7 Å². The highest BCUT2D eigenvalue weighted by atomic mass is 79.9. The van der Waals surface area contributed by atoms with E-state index in [9.17, 15) is 4.79 Å². The Morgan fingerprint density at radius 2 is 2.06 bits per heavy atom. The number of hydrogen-bond acceptors (Lipinski definition) is 3. The van der Waals surface area contributed by atoms with Gasteiger partial charge < -0.3 is 9.47 Å². The van der Waals surface area contributed by atoms with Crippen LogP contribution in [0.15, 0.2) is 36.4 Å². The van der Waals surface area contributed by atoms with Crippen LogP contribution >= 0.6 is 15.9 Å². The molecular formula is C14H17BrO3. The molecule has 0 N–H and O–H groups in total. The second kappa shape index (κ2) is 7.93. The van der Waals surface area contributed by atoms with Crippen LogP contribution < -0.4 is 4.74 Å². The molecule has 1 aromatic rings. The molecule has 0 aliphatic heterocycles. The zero-order valence-electron chi connectivity index (χ0n) is 10.6. The first kappa shape index (κ1) is 14.8. The lowest BCUT2D eigenvalue weighted by atomic mass is 10.2. The van der Waals surface area contributed by atoms with E-state index in [2.05, 4.69) is 15.9 Å². The minimum absolute atomic E-state index is 0.0739. The largest absolute Gasteiger partial charge is 0.482 e. The third-order valence-electron chi connectivity index (χ3n) is 2.22. The summed E-state index contributed by atoms with van der Waals surface area (Å²) in [5.41, 5.74) is 1.16. The van der Waals surface area contributed by atoms with Crippen molar-refractivity contribution in [3.05, 3.63) is 42.0 Å². The van der Waals surface area contributed by atoms with Gasteiger partial charge in [0.25, 0.3) is 0 Å². The summed E-state index contributed by atoms with van der Waals surface area (Å²) in [4.78, 5) is 11.4. The summed E-state index contributed by atoms with van der Waals surface area (Å²) in [6.07, 6.45) is 3.43. The molecule has 0 fully saturated rings. The highest BCUT2D eigenvalue weighted by Crippen LogP contribution is 2.14. The summed E-state index contributed by atoms with van der Waals surface area (Å²) in [6, 6.07) is 7.55. The van der Waals surface area contributed by atoms with E-state index in [1.54, 1.807) is 0 Å². The fraction of sp³-hybridized carbons (Fsp3) is 0.357. The Morgan fingerprint density at radius 1 is 1.39 bits per heavy atom. The van der Waals surface area contributed by atoms with Gasteiger partial charge >= 0.3 is 5.97 Å². The molecule has 1 aromatic carbocycles. The molecule has 18 heavy (non-hydrogen) atoms. The molecule has 0 aromatic heterocycles. The van der Waals surface area contributed by atoms with Crippen LogP contribution in [0.4, 0.5) is 0 Å². The number of esters is 1. The maximum atomic E-state index is 11.4. The summed E-state index contributed by atoms with van der Waals surface area (Å²) in [6.45, 7) is 3.62. The Bertz CT molecular complexity index is 398. The number of alkyl halides is 1. The smallest absolute Gasteiger partial charge is 0.344 e. The normalized spacial score (nSPS) is 12.4. The quantitative estimate of drug-likeness (QED) is 0.458. The molecule has 0 saturated carbocycles. The fourth-order valence-electron chi connectivity index (χ4n) is 1.37. The van der Waals surface area contributed by atoms with E-state index in [4.69, 9.17) is 9.47 Å². The molecule has 0 amide bonds. The van der Waals surface area contributed by atoms with Crippen LogP contribution in [0.3, 0.4) is 0 Å². The molecule has 0 radical (unpaired) electrons. The Kier molecular flexibility index (Phi) is 6.50. The van der Waals surface area contributed by atoms with Crippen LogP contribution in [0.5, 0.6) is 5.75 Å². The van der Waals surface area contributed by atoms with E-state index in [1.807, 2.05) is 50.3 Å². The van der Waals surface area contributed by atoms with Gasteiger partial charge in [-0.05, 0) is 37.6 Å². The van der Waals surface area contributed by atoms with Gasteiger partial charge in [0.2, 0.25) is 0 Å². The van der Waals surface area contributed by atoms with Crippen molar-refractivity contribution >= 4 is 21.9 Å². The standard InChI is InChI=1S/C14H17BrO3/c1-3-4-11(2)18-14(16)10-17-13-7-5-12(9-15)6-8-13/h3-8,11H,9-10H2,1-2H3. The first-order chi connectivity index (χ1) is 8.65. The summed E-state index contributed by atoms with van der Waals surface area (Å²) in [5, 5.41) is 0.802. The van der Waals surface area contributed by atoms with Crippen molar-refractivity contribution in [2.24, 2.45) is 0 Å². The van der Waals surface area contributed by atoms with Gasteiger partial charge in [0.15, 0.2) is 6.61 Å². The molecule has 0 bridgehead atoms.